The maximum Gasteiger partial charge on any atom is 0.0992 e. The van der Waals surface area contributed by atoms with Crippen LogP contribution in [-0.2, 0) is 13.0 Å². The van der Waals surface area contributed by atoms with E-state index in [1.165, 1.54) is 24.0 Å². The molecule has 0 saturated heterocycles. The van der Waals surface area contributed by atoms with Crippen LogP contribution in [0.4, 0.5) is 0 Å². The van der Waals surface area contributed by atoms with Crippen LogP contribution >= 0.6 is 0 Å². The summed E-state index contributed by atoms with van der Waals surface area (Å²) in [4.78, 5) is 2.25. The monoisotopic (exact) mass is 200 g/mol. The van der Waals surface area contributed by atoms with E-state index in [-0.39, 0.29) is 0 Å². The molecular weight excluding hydrogens is 184 g/mol. The summed E-state index contributed by atoms with van der Waals surface area (Å²) < 4.78 is 0. The molecule has 1 aromatic carbocycles. The topological polar surface area (TPSA) is 27.1 Å². The van der Waals surface area contributed by atoms with Crippen molar-refractivity contribution in [3.63, 3.8) is 0 Å². The minimum absolute atomic E-state index is 0.579. The molecule has 0 unspecified atom stereocenters. The Morgan fingerprint density at radius 3 is 2.67 bits per heavy atom. The first-order valence-corrected chi connectivity index (χ1v) is 5.75. The second-order valence-electron chi connectivity index (χ2n) is 4.60. The third-order valence-electron chi connectivity index (χ3n) is 3.44. The maximum absolute atomic E-state index is 8.07. The van der Waals surface area contributed by atoms with Gasteiger partial charge in [0.05, 0.1) is 5.84 Å². The average Bonchev–Trinajstić information content (AvgIpc) is 3.11. The van der Waals surface area contributed by atoms with Crippen LogP contribution in [-0.4, -0.2) is 17.3 Å². The molecule has 2 nitrogen and oxygen atoms in total. The fraction of sp³-hybridized carbons (Fsp3) is 0.462. The molecule has 0 atom stereocenters. The highest BCUT2D eigenvalue weighted by atomic mass is 15.2. The highest BCUT2D eigenvalue weighted by Crippen LogP contribution is 2.32. The fourth-order valence-electron chi connectivity index (χ4n) is 2.32. The zero-order chi connectivity index (χ0) is 10.3. The van der Waals surface area contributed by atoms with Crippen molar-refractivity contribution in [1.82, 2.24) is 4.90 Å². The quantitative estimate of drug-likeness (QED) is 0.547. The van der Waals surface area contributed by atoms with Crippen molar-refractivity contribution < 1.29 is 0 Å². The lowest BCUT2D eigenvalue weighted by Gasteiger charge is -2.30. The van der Waals surface area contributed by atoms with Crippen molar-refractivity contribution in [2.75, 3.05) is 6.54 Å². The van der Waals surface area contributed by atoms with Crippen molar-refractivity contribution in [3.8, 4) is 0 Å². The van der Waals surface area contributed by atoms with Crippen LogP contribution in [0.1, 0.15) is 24.0 Å². The van der Waals surface area contributed by atoms with Crippen molar-refractivity contribution in [2.45, 2.75) is 25.8 Å². The highest BCUT2D eigenvalue weighted by Gasteiger charge is 2.31. The molecule has 1 aromatic rings. The first-order valence-electron chi connectivity index (χ1n) is 5.75. The van der Waals surface area contributed by atoms with Crippen molar-refractivity contribution in [2.24, 2.45) is 5.92 Å². The van der Waals surface area contributed by atoms with Gasteiger partial charge in [-0.15, -0.1) is 0 Å². The van der Waals surface area contributed by atoms with E-state index in [9.17, 15) is 0 Å². The molecule has 2 aliphatic rings. The third-order valence-corrected chi connectivity index (χ3v) is 3.44. The fourth-order valence-corrected chi connectivity index (χ4v) is 2.32. The normalized spacial score (nSPS) is 19.9. The van der Waals surface area contributed by atoms with E-state index in [0.29, 0.717) is 5.92 Å². The van der Waals surface area contributed by atoms with Crippen molar-refractivity contribution >= 4 is 5.84 Å². The lowest BCUT2D eigenvalue weighted by molar-refractivity contribution is 0.381. The summed E-state index contributed by atoms with van der Waals surface area (Å²) >= 11 is 0. The lowest BCUT2D eigenvalue weighted by Crippen LogP contribution is -2.36. The Kier molecular flexibility index (Phi) is 2.01. The molecule has 78 valence electrons. The first-order chi connectivity index (χ1) is 7.34. The number of nitrogens with one attached hydrogen (secondary N) is 1. The summed E-state index contributed by atoms with van der Waals surface area (Å²) in [5.41, 5.74) is 2.88. The number of benzene rings is 1. The lowest BCUT2D eigenvalue weighted by atomic mass is 9.99. The van der Waals surface area contributed by atoms with Crippen LogP contribution in [0, 0.1) is 11.3 Å². The van der Waals surface area contributed by atoms with Gasteiger partial charge in [-0.05, 0) is 30.4 Å². The van der Waals surface area contributed by atoms with E-state index in [2.05, 4.69) is 29.2 Å². The number of nitrogens with zero attached hydrogens (tertiary/aromatic N) is 1. The zero-order valence-electron chi connectivity index (χ0n) is 8.87. The van der Waals surface area contributed by atoms with E-state index < -0.39 is 0 Å². The van der Waals surface area contributed by atoms with Gasteiger partial charge in [-0.2, -0.15) is 0 Å². The number of rotatable bonds is 1. The second-order valence-corrected chi connectivity index (χ2v) is 4.60. The highest BCUT2D eigenvalue weighted by molar-refractivity contribution is 5.84. The standard InChI is InChI=1S/C13H16N2/c14-13(11-5-6-11)15-8-7-10-3-1-2-4-12(10)9-15/h1-4,11,14H,5-9H2. The summed E-state index contributed by atoms with van der Waals surface area (Å²) in [6.45, 7) is 1.98. The van der Waals surface area contributed by atoms with Gasteiger partial charge in [0.25, 0.3) is 0 Å². The SMILES string of the molecule is N=C(C1CC1)N1CCc2ccccc2C1. The molecule has 0 aromatic heterocycles. The van der Waals surface area contributed by atoms with Gasteiger partial charge in [0.2, 0.25) is 0 Å². The molecule has 1 fully saturated rings. The molecule has 1 N–H and O–H groups in total. The van der Waals surface area contributed by atoms with E-state index in [4.69, 9.17) is 5.41 Å². The van der Waals surface area contributed by atoms with E-state index >= 15 is 0 Å². The molecule has 2 heteroatoms. The van der Waals surface area contributed by atoms with E-state index in [1.807, 2.05) is 0 Å². The van der Waals surface area contributed by atoms with E-state index in [0.717, 1.165) is 25.3 Å². The molecule has 0 radical (unpaired) electrons. The molecule has 1 heterocycles. The predicted molar refractivity (Wildman–Crippen MR) is 61.0 cm³/mol. The number of amidine groups is 1. The van der Waals surface area contributed by atoms with Crippen LogP contribution in [0.2, 0.25) is 0 Å². The summed E-state index contributed by atoms with van der Waals surface area (Å²) in [6, 6.07) is 8.62. The molecule has 3 rings (SSSR count). The van der Waals surface area contributed by atoms with Gasteiger partial charge in [-0.3, -0.25) is 5.41 Å². The van der Waals surface area contributed by atoms with Crippen molar-refractivity contribution in [3.05, 3.63) is 35.4 Å². The molecular formula is C13H16N2. The Bertz CT molecular complexity index is 393. The second kappa shape index (κ2) is 3.37. The largest absolute Gasteiger partial charge is 0.356 e. The summed E-state index contributed by atoms with van der Waals surface area (Å²) in [7, 11) is 0. The average molecular weight is 200 g/mol. The van der Waals surface area contributed by atoms with Gasteiger partial charge in [0.1, 0.15) is 0 Å². The number of hydrogen-bond donors (Lipinski definition) is 1. The summed E-state index contributed by atoms with van der Waals surface area (Å²) in [5.74, 6) is 1.46. The first kappa shape index (κ1) is 8.96. The molecule has 0 spiro atoms. The summed E-state index contributed by atoms with van der Waals surface area (Å²) in [6.07, 6.45) is 3.57. The molecule has 1 aliphatic carbocycles. The Balaban J connectivity index is 1.79. The summed E-state index contributed by atoms with van der Waals surface area (Å²) in [5, 5.41) is 8.07. The Labute approximate surface area is 90.4 Å². The molecule has 0 amide bonds. The smallest absolute Gasteiger partial charge is 0.0992 e. The van der Waals surface area contributed by atoms with Crippen LogP contribution in [0.15, 0.2) is 24.3 Å². The van der Waals surface area contributed by atoms with Gasteiger partial charge in [-0.1, -0.05) is 24.3 Å². The van der Waals surface area contributed by atoms with Crippen LogP contribution < -0.4 is 0 Å². The molecule has 1 aliphatic heterocycles. The molecule has 0 bridgehead atoms. The van der Waals surface area contributed by atoms with Crippen LogP contribution in [0.25, 0.3) is 0 Å². The Morgan fingerprint density at radius 2 is 1.93 bits per heavy atom. The Hall–Kier alpha value is -1.31. The van der Waals surface area contributed by atoms with Gasteiger partial charge >= 0.3 is 0 Å². The molecule has 15 heavy (non-hydrogen) atoms. The van der Waals surface area contributed by atoms with Crippen LogP contribution in [0.3, 0.4) is 0 Å². The van der Waals surface area contributed by atoms with Gasteiger partial charge < -0.3 is 4.90 Å². The number of fused-ring (bicyclic) bond motifs is 1. The zero-order valence-corrected chi connectivity index (χ0v) is 8.87. The molecule has 1 saturated carbocycles. The van der Waals surface area contributed by atoms with Crippen LogP contribution in [0.5, 0.6) is 0 Å². The van der Waals surface area contributed by atoms with Crippen molar-refractivity contribution in [1.29, 1.82) is 5.41 Å². The minimum Gasteiger partial charge on any atom is -0.356 e. The minimum atomic E-state index is 0.579. The predicted octanol–water partition coefficient (Wildman–Crippen LogP) is 2.43. The van der Waals surface area contributed by atoms with Gasteiger partial charge in [0.15, 0.2) is 0 Å². The Morgan fingerprint density at radius 1 is 1.20 bits per heavy atom. The maximum atomic E-state index is 8.07. The third kappa shape index (κ3) is 1.65. The number of hydrogen-bond acceptors (Lipinski definition) is 1. The van der Waals surface area contributed by atoms with E-state index in [1.54, 1.807) is 0 Å². The van der Waals surface area contributed by atoms with Gasteiger partial charge in [0, 0.05) is 19.0 Å². The van der Waals surface area contributed by atoms with Gasteiger partial charge in [-0.25, -0.2) is 0 Å².